The molecule has 25 heavy (non-hydrogen) atoms. The van der Waals surface area contributed by atoms with Crippen molar-refractivity contribution >= 4 is 23.5 Å². The van der Waals surface area contributed by atoms with Gasteiger partial charge in [-0.2, -0.15) is 0 Å². The van der Waals surface area contributed by atoms with Crippen molar-refractivity contribution in [1.29, 1.82) is 5.41 Å². The normalized spacial score (nSPS) is 17.4. The Morgan fingerprint density at radius 2 is 2.04 bits per heavy atom. The van der Waals surface area contributed by atoms with Crippen molar-refractivity contribution in [2.45, 2.75) is 19.3 Å². The third-order valence-electron chi connectivity index (χ3n) is 4.74. The molecule has 2 fully saturated rings. The van der Waals surface area contributed by atoms with Gasteiger partial charge in [-0.1, -0.05) is 12.1 Å². The number of ether oxygens (including phenoxy) is 1. The summed E-state index contributed by atoms with van der Waals surface area (Å²) in [5, 5.41) is 11.0. The molecule has 2 N–H and O–H groups in total. The number of nitrogens with zero attached hydrogens (tertiary/aromatic N) is 3. The van der Waals surface area contributed by atoms with E-state index in [-0.39, 0.29) is 0 Å². The third kappa shape index (κ3) is 3.96. The Bertz CT molecular complexity index is 753. The minimum absolute atomic E-state index is 0.730. The topological polar surface area (TPSA) is 74.1 Å². The van der Waals surface area contributed by atoms with Crippen LogP contribution in [0.15, 0.2) is 30.6 Å². The van der Waals surface area contributed by atoms with Crippen molar-refractivity contribution < 1.29 is 4.74 Å². The van der Waals surface area contributed by atoms with Crippen LogP contribution in [0.25, 0.3) is 0 Å². The molecule has 2 aromatic rings. The van der Waals surface area contributed by atoms with Gasteiger partial charge >= 0.3 is 0 Å². The van der Waals surface area contributed by atoms with E-state index < -0.39 is 0 Å². The molecule has 0 radical (unpaired) electrons. The maximum Gasteiger partial charge on any atom is 0.135 e. The number of aromatic nitrogens is 2. The Morgan fingerprint density at radius 3 is 2.80 bits per heavy atom. The van der Waals surface area contributed by atoms with Crippen molar-refractivity contribution in [3.8, 4) is 0 Å². The molecular formula is C19H23N5O. The molecule has 4 rings (SSSR count). The average molecular weight is 337 g/mol. The van der Waals surface area contributed by atoms with E-state index in [0.717, 1.165) is 61.5 Å². The maximum atomic E-state index is 7.66. The first kappa shape index (κ1) is 16.0. The smallest absolute Gasteiger partial charge is 0.135 e. The largest absolute Gasteiger partial charge is 0.378 e. The highest BCUT2D eigenvalue weighted by Crippen LogP contribution is 2.33. The van der Waals surface area contributed by atoms with Gasteiger partial charge in [-0.3, -0.25) is 0 Å². The molecule has 0 atom stereocenters. The van der Waals surface area contributed by atoms with Gasteiger partial charge in [-0.05, 0) is 36.8 Å². The molecule has 0 bridgehead atoms. The average Bonchev–Trinajstić information content (AvgIpc) is 3.47. The van der Waals surface area contributed by atoms with Crippen molar-refractivity contribution in [3.63, 3.8) is 0 Å². The number of hydrogen-bond acceptors (Lipinski definition) is 6. The Balaban J connectivity index is 1.55. The van der Waals surface area contributed by atoms with Crippen molar-refractivity contribution in [2.24, 2.45) is 5.92 Å². The molecule has 0 amide bonds. The minimum atomic E-state index is 0.730. The van der Waals surface area contributed by atoms with Gasteiger partial charge < -0.3 is 20.4 Å². The Hall–Kier alpha value is -2.47. The van der Waals surface area contributed by atoms with E-state index >= 15 is 0 Å². The number of anilines is 3. The standard InChI is InChI=1S/C19H23N5O/c20-12-16-4-3-15(9-14-1-2-14)10-17(16)23-18-11-19(22-13-21-18)24-5-7-25-8-6-24/h3-4,10-14,20H,1-2,5-9H2,(H,21,22,23). The summed E-state index contributed by atoms with van der Waals surface area (Å²) in [5.74, 6) is 2.50. The molecule has 1 saturated carbocycles. The lowest BCUT2D eigenvalue weighted by atomic mass is 10.0. The van der Waals surface area contributed by atoms with Crippen LogP contribution in [0.1, 0.15) is 24.0 Å². The maximum absolute atomic E-state index is 7.66. The van der Waals surface area contributed by atoms with Crippen molar-refractivity contribution in [1.82, 2.24) is 9.97 Å². The van der Waals surface area contributed by atoms with Gasteiger partial charge in [0.25, 0.3) is 0 Å². The number of benzene rings is 1. The summed E-state index contributed by atoms with van der Waals surface area (Å²) in [4.78, 5) is 10.9. The van der Waals surface area contributed by atoms with Crippen LogP contribution in [0, 0.1) is 11.3 Å². The molecule has 1 aliphatic heterocycles. The van der Waals surface area contributed by atoms with Crippen LogP contribution in [-0.4, -0.2) is 42.5 Å². The van der Waals surface area contributed by atoms with Gasteiger partial charge in [0.05, 0.1) is 13.2 Å². The first-order valence-electron chi connectivity index (χ1n) is 8.87. The van der Waals surface area contributed by atoms with E-state index in [0.29, 0.717) is 0 Å². The van der Waals surface area contributed by atoms with Gasteiger partial charge in [0, 0.05) is 36.6 Å². The number of hydrogen-bond donors (Lipinski definition) is 2. The monoisotopic (exact) mass is 337 g/mol. The minimum Gasteiger partial charge on any atom is -0.378 e. The number of morpholine rings is 1. The molecule has 1 saturated heterocycles. The lowest BCUT2D eigenvalue weighted by molar-refractivity contribution is 0.122. The quantitative estimate of drug-likeness (QED) is 0.793. The Labute approximate surface area is 147 Å². The summed E-state index contributed by atoms with van der Waals surface area (Å²) in [6.07, 6.45) is 6.77. The summed E-state index contributed by atoms with van der Waals surface area (Å²) in [7, 11) is 0. The summed E-state index contributed by atoms with van der Waals surface area (Å²) >= 11 is 0. The fourth-order valence-corrected chi connectivity index (χ4v) is 3.14. The highest BCUT2D eigenvalue weighted by Gasteiger charge is 2.21. The predicted octanol–water partition coefficient (Wildman–Crippen LogP) is 3.01. The van der Waals surface area contributed by atoms with Crippen LogP contribution >= 0.6 is 0 Å². The molecule has 130 valence electrons. The SMILES string of the molecule is N=Cc1ccc(CC2CC2)cc1Nc1cc(N2CCOCC2)ncn1. The zero-order valence-corrected chi connectivity index (χ0v) is 14.2. The van der Waals surface area contributed by atoms with E-state index in [1.165, 1.54) is 24.6 Å². The van der Waals surface area contributed by atoms with E-state index in [2.05, 4.69) is 32.3 Å². The summed E-state index contributed by atoms with van der Waals surface area (Å²) in [5.41, 5.74) is 3.11. The first-order valence-corrected chi connectivity index (χ1v) is 8.87. The summed E-state index contributed by atoms with van der Waals surface area (Å²) in [6, 6.07) is 8.25. The highest BCUT2D eigenvalue weighted by atomic mass is 16.5. The second kappa shape index (κ2) is 7.19. The first-order chi connectivity index (χ1) is 12.3. The Morgan fingerprint density at radius 1 is 1.20 bits per heavy atom. The predicted molar refractivity (Wildman–Crippen MR) is 99.1 cm³/mol. The van der Waals surface area contributed by atoms with Crippen LogP contribution in [-0.2, 0) is 11.2 Å². The van der Waals surface area contributed by atoms with E-state index in [4.69, 9.17) is 10.1 Å². The zero-order chi connectivity index (χ0) is 17.1. The van der Waals surface area contributed by atoms with Crippen LogP contribution < -0.4 is 10.2 Å². The third-order valence-corrected chi connectivity index (χ3v) is 4.74. The Kier molecular flexibility index (Phi) is 4.61. The van der Waals surface area contributed by atoms with Crippen molar-refractivity contribution in [3.05, 3.63) is 41.7 Å². The van der Waals surface area contributed by atoms with Gasteiger partial charge in [0.1, 0.15) is 18.0 Å². The van der Waals surface area contributed by atoms with E-state index in [9.17, 15) is 0 Å². The molecule has 1 aromatic heterocycles. The summed E-state index contributed by atoms with van der Waals surface area (Å²) < 4.78 is 5.40. The van der Waals surface area contributed by atoms with Gasteiger partial charge in [-0.25, -0.2) is 9.97 Å². The van der Waals surface area contributed by atoms with Crippen molar-refractivity contribution in [2.75, 3.05) is 36.5 Å². The molecule has 0 unspecified atom stereocenters. The van der Waals surface area contributed by atoms with Crippen LogP contribution in [0.3, 0.4) is 0 Å². The lowest BCUT2D eigenvalue weighted by Gasteiger charge is -2.27. The van der Waals surface area contributed by atoms with E-state index in [1.807, 2.05) is 12.1 Å². The zero-order valence-electron chi connectivity index (χ0n) is 14.2. The summed E-state index contributed by atoms with van der Waals surface area (Å²) in [6.45, 7) is 3.15. The molecule has 6 heteroatoms. The lowest BCUT2D eigenvalue weighted by Crippen LogP contribution is -2.36. The second-order valence-corrected chi connectivity index (χ2v) is 6.70. The molecule has 1 aromatic carbocycles. The van der Waals surface area contributed by atoms with Crippen LogP contribution in [0.2, 0.25) is 0 Å². The fourth-order valence-electron chi connectivity index (χ4n) is 3.14. The van der Waals surface area contributed by atoms with Gasteiger partial charge in [-0.15, -0.1) is 0 Å². The van der Waals surface area contributed by atoms with Gasteiger partial charge in [0.2, 0.25) is 0 Å². The van der Waals surface area contributed by atoms with Gasteiger partial charge in [0.15, 0.2) is 0 Å². The number of rotatable bonds is 6. The van der Waals surface area contributed by atoms with E-state index in [1.54, 1.807) is 6.33 Å². The fraction of sp³-hybridized carbons (Fsp3) is 0.421. The molecule has 0 spiro atoms. The highest BCUT2D eigenvalue weighted by molar-refractivity contribution is 5.87. The van der Waals surface area contributed by atoms with Crippen LogP contribution in [0.5, 0.6) is 0 Å². The molecule has 2 heterocycles. The second-order valence-electron chi connectivity index (χ2n) is 6.70. The molecular weight excluding hydrogens is 314 g/mol. The number of nitrogens with one attached hydrogen (secondary N) is 2. The molecule has 6 nitrogen and oxygen atoms in total. The molecule has 1 aliphatic carbocycles. The van der Waals surface area contributed by atoms with Crippen LogP contribution in [0.4, 0.5) is 17.3 Å². The molecule has 2 aliphatic rings.